The van der Waals surface area contributed by atoms with Crippen molar-refractivity contribution in [2.24, 2.45) is 0 Å². The van der Waals surface area contributed by atoms with Crippen molar-refractivity contribution in [2.75, 3.05) is 13.1 Å². The fourth-order valence-corrected chi connectivity index (χ4v) is 5.76. The molecule has 2 heterocycles. The monoisotopic (exact) mass is 585 g/mol. The van der Waals surface area contributed by atoms with E-state index in [1.54, 1.807) is 0 Å². The molecule has 5 heteroatoms. The molecule has 0 aliphatic carbocycles. The summed E-state index contributed by atoms with van der Waals surface area (Å²) >= 11 is 9.30. The van der Waals surface area contributed by atoms with E-state index in [1.807, 2.05) is 0 Å². The first kappa shape index (κ1) is 26.9. The molecule has 3 aromatic carbocycles. The van der Waals surface area contributed by atoms with Crippen LogP contribution in [0.4, 0.5) is 0 Å². The Morgan fingerprint density at radius 2 is 1.47 bits per heavy atom. The highest BCUT2D eigenvalue weighted by Crippen LogP contribution is 2.35. The van der Waals surface area contributed by atoms with Gasteiger partial charge in [-0.1, -0.05) is 104 Å². The molecule has 0 bridgehead atoms. The van der Waals surface area contributed by atoms with Crippen molar-refractivity contribution in [3.63, 3.8) is 0 Å². The van der Waals surface area contributed by atoms with Gasteiger partial charge in [0.1, 0.15) is 0 Å². The highest BCUT2D eigenvalue weighted by Gasteiger charge is 2.33. The van der Waals surface area contributed by atoms with Crippen molar-refractivity contribution < 1.29 is 0 Å². The standard InChI is InChI=1S/C33H36BrN3S/c1-21(2)25-9-5-23(6-10-25)17-28-19-37(18-24-7-15-29(34)16-8-24)20-30-31(35-33(38)36-32(28)30)27-13-11-26(12-14-27)22(3)4/h5-17,21-22,31H,18-20H2,1-4H3,(H2,35,36,38)/b28-17+. The fourth-order valence-electron chi connectivity index (χ4n) is 5.28. The van der Waals surface area contributed by atoms with Gasteiger partial charge in [-0.15, -0.1) is 0 Å². The molecule has 0 saturated heterocycles. The van der Waals surface area contributed by atoms with Crippen LogP contribution in [0.25, 0.3) is 6.08 Å². The minimum absolute atomic E-state index is 0.0411. The highest BCUT2D eigenvalue weighted by molar-refractivity contribution is 9.10. The van der Waals surface area contributed by atoms with Crippen LogP contribution in [0.15, 0.2) is 94.1 Å². The zero-order chi connectivity index (χ0) is 26.8. The topological polar surface area (TPSA) is 27.3 Å². The lowest BCUT2D eigenvalue weighted by Gasteiger charge is -2.40. The maximum atomic E-state index is 5.73. The molecule has 38 heavy (non-hydrogen) atoms. The van der Waals surface area contributed by atoms with Crippen LogP contribution in [0.2, 0.25) is 0 Å². The summed E-state index contributed by atoms with van der Waals surface area (Å²) < 4.78 is 1.11. The van der Waals surface area contributed by atoms with Gasteiger partial charge in [-0.2, -0.15) is 0 Å². The normalized spacial score (nSPS) is 19.1. The summed E-state index contributed by atoms with van der Waals surface area (Å²) in [5, 5.41) is 7.80. The van der Waals surface area contributed by atoms with Gasteiger partial charge in [0.05, 0.1) is 6.04 Å². The van der Waals surface area contributed by atoms with Crippen molar-refractivity contribution >= 4 is 39.3 Å². The molecule has 1 unspecified atom stereocenters. The summed E-state index contributed by atoms with van der Waals surface area (Å²) in [5.41, 5.74) is 10.3. The molecule has 2 aliphatic rings. The number of rotatable bonds is 6. The van der Waals surface area contributed by atoms with Gasteiger partial charge in [0, 0.05) is 29.8 Å². The molecule has 2 N–H and O–H groups in total. The molecule has 2 aliphatic heterocycles. The Morgan fingerprint density at radius 3 is 2.08 bits per heavy atom. The predicted octanol–water partition coefficient (Wildman–Crippen LogP) is 8.07. The van der Waals surface area contributed by atoms with Gasteiger partial charge in [-0.25, -0.2) is 0 Å². The summed E-state index contributed by atoms with van der Waals surface area (Å²) in [6.45, 7) is 11.6. The van der Waals surface area contributed by atoms with Gasteiger partial charge in [0.25, 0.3) is 0 Å². The first-order valence-corrected chi connectivity index (χ1v) is 14.6. The van der Waals surface area contributed by atoms with E-state index in [2.05, 4.69) is 138 Å². The van der Waals surface area contributed by atoms with Gasteiger partial charge < -0.3 is 10.6 Å². The highest BCUT2D eigenvalue weighted by atomic mass is 79.9. The lowest BCUT2D eigenvalue weighted by atomic mass is 9.88. The summed E-state index contributed by atoms with van der Waals surface area (Å²) in [6.07, 6.45) is 2.33. The van der Waals surface area contributed by atoms with Gasteiger partial charge in [-0.05, 0) is 81.2 Å². The number of nitrogens with zero attached hydrogens (tertiary/aromatic N) is 1. The minimum Gasteiger partial charge on any atom is -0.352 e. The number of hydrogen-bond acceptors (Lipinski definition) is 2. The molecule has 1 atom stereocenters. The average Bonchev–Trinajstić information content (AvgIpc) is 2.90. The Bertz CT molecular complexity index is 1350. The Morgan fingerprint density at radius 1 is 0.868 bits per heavy atom. The smallest absolute Gasteiger partial charge is 0.171 e. The van der Waals surface area contributed by atoms with Crippen LogP contribution in [0.1, 0.15) is 73.4 Å². The van der Waals surface area contributed by atoms with E-state index in [-0.39, 0.29) is 6.04 Å². The van der Waals surface area contributed by atoms with Gasteiger partial charge >= 0.3 is 0 Å². The van der Waals surface area contributed by atoms with Crippen LogP contribution in [-0.4, -0.2) is 23.1 Å². The first-order valence-electron chi connectivity index (χ1n) is 13.4. The Hall–Kier alpha value is -2.73. The molecule has 0 aromatic heterocycles. The fraction of sp³-hybridized carbons (Fsp3) is 0.303. The summed E-state index contributed by atoms with van der Waals surface area (Å²) in [4.78, 5) is 2.53. The minimum atomic E-state index is 0.0411. The SMILES string of the molecule is CC(C)c1ccc(/C=C2\CN(Cc3ccc(Br)cc3)CC3=C2NC(=S)NC3c2ccc(C(C)C)cc2)cc1. The zero-order valence-corrected chi connectivity index (χ0v) is 25.0. The molecule has 3 nitrogen and oxygen atoms in total. The van der Waals surface area contributed by atoms with E-state index in [0.717, 1.165) is 24.1 Å². The van der Waals surface area contributed by atoms with Crippen LogP contribution in [0.3, 0.4) is 0 Å². The van der Waals surface area contributed by atoms with Crippen molar-refractivity contribution in [1.82, 2.24) is 15.5 Å². The van der Waals surface area contributed by atoms with E-state index < -0.39 is 0 Å². The number of benzene rings is 3. The second kappa shape index (κ2) is 11.6. The van der Waals surface area contributed by atoms with E-state index in [4.69, 9.17) is 12.2 Å². The Labute approximate surface area is 241 Å². The maximum Gasteiger partial charge on any atom is 0.171 e. The van der Waals surface area contributed by atoms with Crippen molar-refractivity contribution in [1.29, 1.82) is 0 Å². The second-order valence-electron chi connectivity index (χ2n) is 11.0. The van der Waals surface area contributed by atoms with Gasteiger partial charge in [0.15, 0.2) is 5.11 Å². The molecule has 0 radical (unpaired) electrons. The van der Waals surface area contributed by atoms with Crippen LogP contribution >= 0.6 is 28.1 Å². The van der Waals surface area contributed by atoms with Crippen molar-refractivity contribution in [3.05, 3.63) is 122 Å². The number of nitrogens with one attached hydrogen (secondary N) is 2. The van der Waals surface area contributed by atoms with Crippen LogP contribution < -0.4 is 10.6 Å². The quantitative estimate of drug-likeness (QED) is 0.286. The molecule has 0 amide bonds. The summed E-state index contributed by atoms with van der Waals surface area (Å²) in [5.74, 6) is 1.03. The number of halogens is 1. The van der Waals surface area contributed by atoms with Crippen molar-refractivity contribution in [2.45, 2.75) is 52.1 Å². The third-order valence-electron chi connectivity index (χ3n) is 7.49. The third kappa shape index (κ3) is 6.12. The maximum absolute atomic E-state index is 5.73. The molecular weight excluding hydrogens is 550 g/mol. The van der Waals surface area contributed by atoms with Gasteiger partial charge in [-0.3, -0.25) is 4.90 Å². The molecule has 0 saturated carbocycles. The Kier molecular flexibility index (Phi) is 8.18. The van der Waals surface area contributed by atoms with E-state index in [0.29, 0.717) is 16.9 Å². The number of hydrogen-bond donors (Lipinski definition) is 2. The third-order valence-corrected chi connectivity index (χ3v) is 8.24. The summed E-state index contributed by atoms with van der Waals surface area (Å²) in [6, 6.07) is 26.7. The summed E-state index contributed by atoms with van der Waals surface area (Å²) in [7, 11) is 0. The van der Waals surface area contributed by atoms with Crippen LogP contribution in [0, 0.1) is 0 Å². The molecule has 3 aromatic rings. The number of thiocarbonyl (C=S) groups is 1. The van der Waals surface area contributed by atoms with E-state index in [9.17, 15) is 0 Å². The molecule has 196 valence electrons. The van der Waals surface area contributed by atoms with Gasteiger partial charge in [0.2, 0.25) is 0 Å². The molecule has 5 rings (SSSR count). The molecule has 0 fully saturated rings. The predicted molar refractivity (Wildman–Crippen MR) is 167 cm³/mol. The Balaban J connectivity index is 1.54. The van der Waals surface area contributed by atoms with Crippen molar-refractivity contribution in [3.8, 4) is 0 Å². The molecule has 0 spiro atoms. The van der Waals surface area contributed by atoms with E-state index >= 15 is 0 Å². The molecular formula is C33H36BrN3S. The second-order valence-corrected chi connectivity index (χ2v) is 12.3. The lowest BCUT2D eigenvalue weighted by Crippen LogP contribution is -2.49. The lowest BCUT2D eigenvalue weighted by molar-refractivity contribution is 0.292. The zero-order valence-electron chi connectivity index (χ0n) is 22.6. The van der Waals surface area contributed by atoms with Crippen LogP contribution in [0.5, 0.6) is 0 Å². The first-order chi connectivity index (χ1) is 18.3. The van der Waals surface area contributed by atoms with Crippen LogP contribution in [-0.2, 0) is 6.54 Å². The largest absolute Gasteiger partial charge is 0.352 e. The average molecular weight is 587 g/mol. The van der Waals surface area contributed by atoms with E-state index in [1.165, 1.54) is 44.7 Å².